The molecule has 2 fully saturated rings. The molecule has 5 heteroatoms. The Morgan fingerprint density at radius 2 is 1.76 bits per heavy atom. The summed E-state index contributed by atoms with van der Waals surface area (Å²) in [7, 11) is 0. The smallest absolute Gasteiger partial charge is 0.320 e. The molecule has 0 saturated carbocycles. The summed E-state index contributed by atoms with van der Waals surface area (Å²) in [6.07, 6.45) is 4.03. The van der Waals surface area contributed by atoms with Crippen LogP contribution in [0.15, 0.2) is 0 Å². The lowest BCUT2D eigenvalue weighted by Gasteiger charge is -2.40. The van der Waals surface area contributed by atoms with Crippen molar-refractivity contribution in [3.05, 3.63) is 0 Å². The first-order valence-corrected chi connectivity index (χ1v) is 8.23. The number of aliphatic carboxylic acids is 1. The number of piperidine rings is 2. The predicted molar refractivity (Wildman–Crippen MR) is 81.1 cm³/mol. The summed E-state index contributed by atoms with van der Waals surface area (Å²) in [5, 5.41) is 8.79. The second kappa shape index (κ2) is 7.14. The molecule has 0 bridgehead atoms. The maximum Gasteiger partial charge on any atom is 0.320 e. The van der Waals surface area contributed by atoms with Gasteiger partial charge in [0.15, 0.2) is 0 Å². The Labute approximate surface area is 127 Å². The third-order valence-corrected chi connectivity index (χ3v) is 5.16. The highest BCUT2D eigenvalue weighted by Gasteiger charge is 2.31. The lowest BCUT2D eigenvalue weighted by Crippen LogP contribution is -2.51. The van der Waals surface area contributed by atoms with Crippen LogP contribution in [-0.4, -0.2) is 53.1 Å². The molecule has 2 aliphatic rings. The highest BCUT2D eigenvalue weighted by Crippen LogP contribution is 2.26. The molecular formula is C16H28N2O3. The third-order valence-electron chi connectivity index (χ3n) is 5.16. The maximum atomic E-state index is 12.6. The van der Waals surface area contributed by atoms with Gasteiger partial charge in [0.2, 0.25) is 0 Å². The van der Waals surface area contributed by atoms with Crippen LogP contribution >= 0.6 is 0 Å². The molecule has 2 heterocycles. The summed E-state index contributed by atoms with van der Waals surface area (Å²) in [4.78, 5) is 27.2. The van der Waals surface area contributed by atoms with Crippen molar-refractivity contribution in [2.45, 2.75) is 46.0 Å². The van der Waals surface area contributed by atoms with Gasteiger partial charge in [-0.2, -0.15) is 0 Å². The zero-order chi connectivity index (χ0) is 15.4. The van der Waals surface area contributed by atoms with Crippen molar-refractivity contribution in [3.63, 3.8) is 0 Å². The lowest BCUT2D eigenvalue weighted by molar-refractivity contribution is -0.137. The van der Waals surface area contributed by atoms with Gasteiger partial charge in [-0.1, -0.05) is 13.8 Å². The van der Waals surface area contributed by atoms with Crippen LogP contribution in [0.4, 0.5) is 4.79 Å². The molecule has 5 nitrogen and oxygen atoms in total. The second-order valence-electron chi connectivity index (χ2n) is 6.86. The van der Waals surface area contributed by atoms with E-state index in [9.17, 15) is 9.59 Å². The van der Waals surface area contributed by atoms with Gasteiger partial charge in [-0.25, -0.2) is 4.79 Å². The van der Waals surface area contributed by atoms with E-state index in [0.717, 1.165) is 45.4 Å². The Morgan fingerprint density at radius 3 is 2.43 bits per heavy atom. The number of carbonyl (C=O) groups excluding carboxylic acids is 1. The van der Waals surface area contributed by atoms with Crippen molar-refractivity contribution in [1.29, 1.82) is 0 Å². The van der Waals surface area contributed by atoms with Crippen LogP contribution < -0.4 is 0 Å². The van der Waals surface area contributed by atoms with E-state index in [1.54, 1.807) is 0 Å². The summed E-state index contributed by atoms with van der Waals surface area (Å²) in [5.74, 6) is 0.867. The fourth-order valence-corrected chi connectivity index (χ4v) is 3.44. The second-order valence-corrected chi connectivity index (χ2v) is 6.86. The molecule has 1 N–H and O–H groups in total. The van der Waals surface area contributed by atoms with Crippen LogP contribution in [0.3, 0.4) is 0 Å². The number of likely N-dealkylation sites (tertiary alicyclic amines) is 2. The Balaban J connectivity index is 1.85. The van der Waals surface area contributed by atoms with Crippen molar-refractivity contribution in [2.24, 2.45) is 17.8 Å². The quantitative estimate of drug-likeness (QED) is 0.871. The lowest BCUT2D eigenvalue weighted by atomic mass is 9.88. The summed E-state index contributed by atoms with van der Waals surface area (Å²) in [6.45, 7) is 7.75. The van der Waals surface area contributed by atoms with E-state index in [-0.39, 0.29) is 12.5 Å². The molecule has 2 saturated heterocycles. The maximum absolute atomic E-state index is 12.6. The molecule has 0 aromatic carbocycles. The van der Waals surface area contributed by atoms with E-state index in [0.29, 0.717) is 24.2 Å². The molecular weight excluding hydrogens is 268 g/mol. The van der Waals surface area contributed by atoms with Gasteiger partial charge >= 0.3 is 12.0 Å². The number of urea groups is 1. The number of nitrogens with zero attached hydrogens (tertiary/aromatic N) is 2. The summed E-state index contributed by atoms with van der Waals surface area (Å²) < 4.78 is 0. The van der Waals surface area contributed by atoms with Crippen LogP contribution in [0.2, 0.25) is 0 Å². The number of carboxylic acids is 1. The number of amides is 2. The monoisotopic (exact) mass is 296 g/mol. The molecule has 2 amide bonds. The molecule has 0 radical (unpaired) electrons. The topological polar surface area (TPSA) is 60.9 Å². The van der Waals surface area contributed by atoms with Gasteiger partial charge in [0.25, 0.3) is 0 Å². The number of hydrogen-bond donors (Lipinski definition) is 1. The third kappa shape index (κ3) is 4.35. The molecule has 120 valence electrons. The number of carboxylic acid groups (broad SMARTS) is 1. The van der Waals surface area contributed by atoms with Gasteiger partial charge in [0.05, 0.1) is 0 Å². The van der Waals surface area contributed by atoms with Gasteiger partial charge in [0, 0.05) is 32.6 Å². The van der Waals surface area contributed by atoms with Gasteiger partial charge in [-0.3, -0.25) is 4.79 Å². The molecule has 2 rings (SSSR count). The van der Waals surface area contributed by atoms with Gasteiger partial charge in [0.1, 0.15) is 0 Å². The van der Waals surface area contributed by atoms with Crippen LogP contribution in [0.25, 0.3) is 0 Å². The minimum atomic E-state index is -0.739. The first-order valence-electron chi connectivity index (χ1n) is 8.23. The highest BCUT2D eigenvalue weighted by molar-refractivity contribution is 5.74. The molecule has 3 unspecified atom stereocenters. The summed E-state index contributed by atoms with van der Waals surface area (Å²) in [5.41, 5.74) is 0. The SMILES string of the molecule is CC1CCN(C(=O)N2CCCC(CCC(=O)O)C2)CC1C. The van der Waals surface area contributed by atoms with E-state index in [1.165, 1.54) is 0 Å². The first-order chi connectivity index (χ1) is 9.97. The molecule has 0 spiro atoms. The van der Waals surface area contributed by atoms with Crippen molar-refractivity contribution >= 4 is 12.0 Å². The zero-order valence-corrected chi connectivity index (χ0v) is 13.3. The normalized spacial score (nSPS) is 30.3. The van der Waals surface area contributed by atoms with Crippen molar-refractivity contribution in [3.8, 4) is 0 Å². The minimum absolute atomic E-state index is 0.161. The predicted octanol–water partition coefficient (Wildman–Crippen LogP) is 2.66. The fraction of sp³-hybridized carbons (Fsp3) is 0.875. The average Bonchev–Trinajstić information content (AvgIpc) is 2.47. The average molecular weight is 296 g/mol. The molecule has 21 heavy (non-hydrogen) atoms. The first kappa shape index (κ1) is 16.1. The van der Waals surface area contributed by atoms with Crippen LogP contribution in [0.1, 0.15) is 46.0 Å². The fourth-order valence-electron chi connectivity index (χ4n) is 3.44. The van der Waals surface area contributed by atoms with Crippen LogP contribution in [-0.2, 0) is 4.79 Å². The largest absolute Gasteiger partial charge is 0.481 e. The number of rotatable bonds is 3. The molecule has 0 aromatic rings. The van der Waals surface area contributed by atoms with Crippen molar-refractivity contribution in [1.82, 2.24) is 9.80 Å². The van der Waals surface area contributed by atoms with E-state index in [2.05, 4.69) is 13.8 Å². The highest BCUT2D eigenvalue weighted by atomic mass is 16.4. The Bertz CT molecular complexity index is 386. The molecule has 3 atom stereocenters. The molecule has 0 aromatic heterocycles. The summed E-state index contributed by atoms with van der Waals surface area (Å²) in [6, 6.07) is 0.161. The number of carbonyl (C=O) groups is 2. The standard InChI is InChI=1S/C16H28N2O3/c1-12-7-9-18(10-13(12)2)16(21)17-8-3-4-14(11-17)5-6-15(19)20/h12-14H,3-11H2,1-2H3,(H,19,20). The Kier molecular flexibility index (Phi) is 5.48. The van der Waals surface area contributed by atoms with E-state index < -0.39 is 5.97 Å². The number of hydrogen-bond acceptors (Lipinski definition) is 2. The zero-order valence-electron chi connectivity index (χ0n) is 13.3. The molecule has 2 aliphatic heterocycles. The van der Waals surface area contributed by atoms with Crippen LogP contribution in [0, 0.1) is 17.8 Å². The van der Waals surface area contributed by atoms with Gasteiger partial charge in [-0.15, -0.1) is 0 Å². The minimum Gasteiger partial charge on any atom is -0.481 e. The van der Waals surface area contributed by atoms with Crippen molar-refractivity contribution < 1.29 is 14.7 Å². The van der Waals surface area contributed by atoms with Gasteiger partial charge < -0.3 is 14.9 Å². The summed E-state index contributed by atoms with van der Waals surface area (Å²) >= 11 is 0. The Hall–Kier alpha value is -1.26. The van der Waals surface area contributed by atoms with E-state index in [4.69, 9.17) is 5.11 Å². The Morgan fingerprint density at radius 1 is 1.05 bits per heavy atom. The molecule has 0 aliphatic carbocycles. The van der Waals surface area contributed by atoms with Crippen LogP contribution in [0.5, 0.6) is 0 Å². The van der Waals surface area contributed by atoms with Gasteiger partial charge in [-0.05, 0) is 43.4 Å². The van der Waals surface area contributed by atoms with Crippen molar-refractivity contribution in [2.75, 3.05) is 26.2 Å². The van der Waals surface area contributed by atoms with E-state index >= 15 is 0 Å². The van der Waals surface area contributed by atoms with E-state index in [1.807, 2.05) is 9.80 Å².